The minimum Gasteiger partial charge on any atom is -0.494 e. The number of rotatable bonds is 4. The van der Waals surface area contributed by atoms with Gasteiger partial charge >= 0.3 is 0 Å². The van der Waals surface area contributed by atoms with Gasteiger partial charge in [0.05, 0.1) is 12.3 Å². The molecule has 0 amide bonds. The van der Waals surface area contributed by atoms with Crippen molar-refractivity contribution in [3.8, 4) is 27.6 Å². The van der Waals surface area contributed by atoms with Crippen LogP contribution in [0.15, 0.2) is 58.4 Å². The Morgan fingerprint density at radius 1 is 1.14 bits per heavy atom. The number of aromatic nitrogens is 1. The summed E-state index contributed by atoms with van der Waals surface area (Å²) in [6.45, 7) is 2.66. The van der Waals surface area contributed by atoms with Gasteiger partial charge < -0.3 is 4.74 Å². The fourth-order valence-electron chi connectivity index (χ4n) is 2.08. The van der Waals surface area contributed by atoms with Crippen molar-refractivity contribution in [2.45, 2.75) is 6.92 Å². The quantitative estimate of drug-likeness (QED) is 0.601. The predicted octanol–water partition coefficient (Wildman–Crippen LogP) is 5.64. The second-order valence-electron chi connectivity index (χ2n) is 4.48. The summed E-state index contributed by atoms with van der Waals surface area (Å²) in [5.74, 6) is 0.882. The Labute approximate surface area is 136 Å². The molecule has 0 saturated heterocycles. The summed E-state index contributed by atoms with van der Waals surface area (Å²) in [5.41, 5.74) is 3.19. The Morgan fingerprint density at radius 2 is 2.00 bits per heavy atom. The van der Waals surface area contributed by atoms with Crippen LogP contribution >= 0.6 is 27.3 Å². The van der Waals surface area contributed by atoms with Crippen molar-refractivity contribution in [1.29, 1.82) is 0 Å². The van der Waals surface area contributed by atoms with Crippen LogP contribution in [0.1, 0.15) is 6.92 Å². The molecular formula is C17H14BrNOS. The fourth-order valence-corrected chi connectivity index (χ4v) is 3.39. The van der Waals surface area contributed by atoms with Crippen LogP contribution in [-0.2, 0) is 0 Å². The average molecular weight is 360 g/mol. The monoisotopic (exact) mass is 359 g/mol. The molecule has 0 aliphatic heterocycles. The maximum atomic E-state index is 5.55. The second kappa shape index (κ2) is 6.41. The number of thiazole rings is 1. The molecule has 2 nitrogen and oxygen atoms in total. The van der Waals surface area contributed by atoms with Gasteiger partial charge in [-0.15, -0.1) is 11.3 Å². The summed E-state index contributed by atoms with van der Waals surface area (Å²) in [5, 5.41) is 3.09. The molecule has 0 aliphatic carbocycles. The van der Waals surface area contributed by atoms with E-state index in [1.165, 1.54) is 0 Å². The summed E-state index contributed by atoms with van der Waals surface area (Å²) >= 11 is 5.22. The summed E-state index contributed by atoms with van der Waals surface area (Å²) in [6.07, 6.45) is 0. The molecule has 3 rings (SSSR count). The van der Waals surface area contributed by atoms with Gasteiger partial charge in [-0.05, 0) is 25.1 Å². The number of halogens is 1. The number of ether oxygens (including phenoxy) is 1. The maximum absolute atomic E-state index is 5.55. The molecule has 0 radical (unpaired) electrons. The number of hydrogen-bond acceptors (Lipinski definition) is 3. The Balaban J connectivity index is 1.95. The molecule has 0 N–H and O–H groups in total. The largest absolute Gasteiger partial charge is 0.494 e. The van der Waals surface area contributed by atoms with E-state index in [1.54, 1.807) is 11.3 Å². The van der Waals surface area contributed by atoms with Gasteiger partial charge in [0.25, 0.3) is 0 Å². The van der Waals surface area contributed by atoms with E-state index in [4.69, 9.17) is 9.72 Å². The first-order valence-electron chi connectivity index (χ1n) is 6.71. The Hall–Kier alpha value is -1.65. The Kier molecular flexibility index (Phi) is 4.36. The smallest absolute Gasteiger partial charge is 0.124 e. The van der Waals surface area contributed by atoms with Gasteiger partial charge in [0.15, 0.2) is 0 Å². The van der Waals surface area contributed by atoms with E-state index in [0.717, 1.165) is 32.1 Å². The lowest BCUT2D eigenvalue weighted by molar-refractivity contribution is 0.340. The van der Waals surface area contributed by atoms with Crippen LogP contribution in [0.2, 0.25) is 0 Å². The molecule has 1 aromatic heterocycles. The Bertz CT molecular complexity index is 754. The lowest BCUT2D eigenvalue weighted by Crippen LogP contribution is -1.91. The van der Waals surface area contributed by atoms with E-state index in [1.807, 2.05) is 43.3 Å². The molecule has 0 spiro atoms. The zero-order valence-electron chi connectivity index (χ0n) is 11.5. The molecule has 1 heterocycles. The summed E-state index contributed by atoms with van der Waals surface area (Å²) < 4.78 is 6.61. The van der Waals surface area contributed by atoms with Crippen LogP contribution in [-0.4, -0.2) is 11.6 Å². The van der Waals surface area contributed by atoms with Crippen molar-refractivity contribution in [1.82, 2.24) is 4.98 Å². The van der Waals surface area contributed by atoms with Gasteiger partial charge in [0.1, 0.15) is 10.8 Å². The van der Waals surface area contributed by atoms with Crippen molar-refractivity contribution in [3.05, 3.63) is 58.4 Å². The van der Waals surface area contributed by atoms with Gasteiger partial charge in [0, 0.05) is 21.0 Å². The molecule has 4 heteroatoms. The molecule has 0 saturated carbocycles. The zero-order valence-corrected chi connectivity index (χ0v) is 13.9. The molecule has 0 fully saturated rings. The topological polar surface area (TPSA) is 22.1 Å². The molecule has 21 heavy (non-hydrogen) atoms. The van der Waals surface area contributed by atoms with Crippen LogP contribution in [0.3, 0.4) is 0 Å². The minimum absolute atomic E-state index is 0.670. The number of benzene rings is 2. The van der Waals surface area contributed by atoms with Crippen molar-refractivity contribution in [2.75, 3.05) is 6.61 Å². The predicted molar refractivity (Wildman–Crippen MR) is 91.9 cm³/mol. The van der Waals surface area contributed by atoms with Crippen LogP contribution < -0.4 is 4.74 Å². The van der Waals surface area contributed by atoms with Crippen LogP contribution in [0, 0.1) is 0 Å². The van der Waals surface area contributed by atoms with E-state index < -0.39 is 0 Å². The molecule has 0 bridgehead atoms. The van der Waals surface area contributed by atoms with Crippen molar-refractivity contribution in [3.63, 3.8) is 0 Å². The number of nitrogens with zero attached hydrogens (tertiary/aromatic N) is 1. The van der Waals surface area contributed by atoms with Gasteiger partial charge in [-0.2, -0.15) is 0 Å². The summed E-state index contributed by atoms with van der Waals surface area (Å²) in [7, 11) is 0. The average Bonchev–Trinajstić information content (AvgIpc) is 2.98. The van der Waals surface area contributed by atoms with Gasteiger partial charge in [-0.25, -0.2) is 4.98 Å². The van der Waals surface area contributed by atoms with E-state index in [2.05, 4.69) is 33.4 Å². The first-order chi connectivity index (χ1) is 10.3. The first-order valence-corrected chi connectivity index (χ1v) is 8.39. The third-order valence-corrected chi connectivity index (χ3v) is 4.63. The highest BCUT2D eigenvalue weighted by atomic mass is 79.9. The van der Waals surface area contributed by atoms with E-state index >= 15 is 0 Å². The normalized spacial score (nSPS) is 10.6. The van der Waals surface area contributed by atoms with Gasteiger partial charge in [-0.3, -0.25) is 0 Å². The van der Waals surface area contributed by atoms with E-state index in [0.29, 0.717) is 6.61 Å². The molecule has 0 atom stereocenters. The van der Waals surface area contributed by atoms with Crippen molar-refractivity contribution >= 4 is 27.3 Å². The molecular weight excluding hydrogens is 346 g/mol. The summed E-state index contributed by atoms with van der Waals surface area (Å²) in [4.78, 5) is 4.75. The number of hydrogen-bond donors (Lipinski definition) is 0. The minimum atomic E-state index is 0.670. The highest BCUT2D eigenvalue weighted by molar-refractivity contribution is 9.10. The molecule has 2 aromatic carbocycles. The third-order valence-electron chi connectivity index (χ3n) is 3.05. The van der Waals surface area contributed by atoms with Crippen LogP contribution in [0.4, 0.5) is 0 Å². The van der Waals surface area contributed by atoms with Gasteiger partial charge in [0.2, 0.25) is 0 Å². The lowest BCUT2D eigenvalue weighted by Gasteiger charge is -2.04. The Morgan fingerprint density at radius 3 is 2.81 bits per heavy atom. The summed E-state index contributed by atoms with van der Waals surface area (Å²) in [6, 6.07) is 16.2. The molecule has 0 unspecified atom stereocenters. The first kappa shape index (κ1) is 14.3. The standard InChI is InChI=1S/C17H14BrNOS/c1-2-20-13-7-5-6-12(10-13)17-19-16(11-21-17)14-8-3-4-9-15(14)18/h3-11H,2H2,1H3. The third kappa shape index (κ3) is 3.17. The maximum Gasteiger partial charge on any atom is 0.124 e. The van der Waals surface area contributed by atoms with E-state index in [9.17, 15) is 0 Å². The lowest BCUT2D eigenvalue weighted by atomic mass is 10.2. The fraction of sp³-hybridized carbons (Fsp3) is 0.118. The second-order valence-corrected chi connectivity index (χ2v) is 6.19. The highest BCUT2D eigenvalue weighted by Gasteiger charge is 2.09. The molecule has 3 aromatic rings. The van der Waals surface area contributed by atoms with Crippen molar-refractivity contribution < 1.29 is 4.74 Å². The highest BCUT2D eigenvalue weighted by Crippen LogP contribution is 2.33. The SMILES string of the molecule is CCOc1cccc(-c2nc(-c3ccccc3Br)cs2)c1. The molecule has 0 aliphatic rings. The van der Waals surface area contributed by atoms with Crippen LogP contribution in [0.5, 0.6) is 5.75 Å². The van der Waals surface area contributed by atoms with Gasteiger partial charge in [-0.1, -0.05) is 46.3 Å². The zero-order chi connectivity index (χ0) is 14.7. The van der Waals surface area contributed by atoms with Crippen LogP contribution in [0.25, 0.3) is 21.8 Å². The molecule has 106 valence electrons. The van der Waals surface area contributed by atoms with Crippen molar-refractivity contribution in [2.24, 2.45) is 0 Å². The van der Waals surface area contributed by atoms with E-state index in [-0.39, 0.29) is 0 Å².